The van der Waals surface area contributed by atoms with E-state index in [1.165, 1.54) is 7.11 Å². The lowest BCUT2D eigenvalue weighted by atomic mass is 10.2. The average molecular weight is 358 g/mol. The monoisotopic (exact) mass is 358 g/mol. The van der Waals surface area contributed by atoms with Gasteiger partial charge in [-0.1, -0.05) is 6.07 Å². The molecule has 0 spiro atoms. The Balaban J connectivity index is 2.10. The molecule has 0 unspecified atom stereocenters. The number of hydrogen-bond acceptors (Lipinski definition) is 4. The molecule has 1 atom stereocenters. The minimum Gasteiger partial charge on any atom is -0.495 e. The number of esters is 1. The summed E-state index contributed by atoms with van der Waals surface area (Å²) in [5, 5.41) is 2.75. The molecule has 2 aromatic rings. The van der Waals surface area contributed by atoms with Gasteiger partial charge in [-0.25, -0.2) is 4.79 Å². The van der Waals surface area contributed by atoms with Crippen LogP contribution in [-0.2, 0) is 16.1 Å². The van der Waals surface area contributed by atoms with E-state index in [0.717, 1.165) is 23.5 Å². The van der Waals surface area contributed by atoms with Crippen molar-refractivity contribution in [2.75, 3.05) is 12.4 Å². The Morgan fingerprint density at radius 1 is 1.19 bits per heavy atom. The van der Waals surface area contributed by atoms with Crippen LogP contribution in [-0.4, -0.2) is 29.7 Å². The molecule has 0 bridgehead atoms. The number of aryl methyl sites for hydroxylation is 2. The standard InChI is InChI=1S/C20H26N2O4/c1-7-22-13(3)11-16(14(22)4)20(24)26-15(5)19(23)21-17-10-12(2)8-9-18(17)25-6/h8-11,15H,7H2,1-6H3,(H,21,23)/t15-/m0/s1. The first kappa shape index (κ1) is 19.6. The van der Waals surface area contributed by atoms with E-state index in [9.17, 15) is 9.59 Å². The Morgan fingerprint density at radius 3 is 2.46 bits per heavy atom. The van der Waals surface area contributed by atoms with Crippen LogP contribution in [0.3, 0.4) is 0 Å². The van der Waals surface area contributed by atoms with Crippen LogP contribution in [0.15, 0.2) is 24.3 Å². The van der Waals surface area contributed by atoms with Crippen LogP contribution in [0.25, 0.3) is 0 Å². The molecule has 0 aliphatic carbocycles. The predicted octanol–water partition coefficient (Wildman–Crippen LogP) is 3.63. The Morgan fingerprint density at radius 2 is 1.88 bits per heavy atom. The molecule has 6 heteroatoms. The summed E-state index contributed by atoms with van der Waals surface area (Å²) in [4.78, 5) is 24.9. The van der Waals surface area contributed by atoms with Crippen LogP contribution >= 0.6 is 0 Å². The van der Waals surface area contributed by atoms with Gasteiger partial charge in [0.1, 0.15) is 5.75 Å². The van der Waals surface area contributed by atoms with Crippen LogP contribution in [0.2, 0.25) is 0 Å². The largest absolute Gasteiger partial charge is 0.495 e. The van der Waals surface area contributed by atoms with Crippen LogP contribution < -0.4 is 10.1 Å². The van der Waals surface area contributed by atoms with Gasteiger partial charge in [-0.05, 0) is 58.4 Å². The van der Waals surface area contributed by atoms with Crippen molar-refractivity contribution in [2.45, 2.75) is 47.3 Å². The van der Waals surface area contributed by atoms with Gasteiger partial charge in [-0.3, -0.25) is 4.79 Å². The molecule has 1 amide bonds. The van der Waals surface area contributed by atoms with Gasteiger partial charge in [-0.15, -0.1) is 0 Å². The van der Waals surface area contributed by atoms with E-state index in [2.05, 4.69) is 5.32 Å². The third kappa shape index (κ3) is 4.07. The minimum atomic E-state index is -0.933. The number of aromatic nitrogens is 1. The lowest BCUT2D eigenvalue weighted by Gasteiger charge is -2.15. The molecule has 140 valence electrons. The van der Waals surface area contributed by atoms with Crippen LogP contribution in [0, 0.1) is 20.8 Å². The quantitative estimate of drug-likeness (QED) is 0.801. The van der Waals surface area contributed by atoms with Crippen LogP contribution in [0.1, 0.15) is 41.2 Å². The van der Waals surface area contributed by atoms with E-state index in [1.807, 2.05) is 38.3 Å². The first-order valence-corrected chi connectivity index (χ1v) is 8.61. The summed E-state index contributed by atoms with van der Waals surface area (Å²) < 4.78 is 12.6. The molecule has 1 aromatic heterocycles. The van der Waals surface area contributed by atoms with Gasteiger partial charge < -0.3 is 19.4 Å². The van der Waals surface area contributed by atoms with E-state index in [1.54, 1.807) is 25.1 Å². The summed E-state index contributed by atoms with van der Waals surface area (Å²) in [6, 6.07) is 7.26. The maximum absolute atomic E-state index is 12.5. The van der Waals surface area contributed by atoms with Crippen molar-refractivity contribution in [3.63, 3.8) is 0 Å². The number of benzene rings is 1. The zero-order valence-corrected chi connectivity index (χ0v) is 16.2. The molecule has 0 radical (unpaired) electrons. The second kappa shape index (κ2) is 8.08. The second-order valence-corrected chi connectivity index (χ2v) is 6.27. The Kier molecular flexibility index (Phi) is 6.08. The van der Waals surface area contributed by atoms with Crippen molar-refractivity contribution in [1.29, 1.82) is 0 Å². The highest BCUT2D eigenvalue weighted by Crippen LogP contribution is 2.25. The maximum Gasteiger partial charge on any atom is 0.340 e. The van der Waals surface area contributed by atoms with Gasteiger partial charge in [-0.2, -0.15) is 0 Å². The average Bonchev–Trinajstić information content (AvgIpc) is 2.88. The third-order valence-electron chi connectivity index (χ3n) is 4.38. The number of rotatable bonds is 6. The van der Waals surface area contributed by atoms with Crippen molar-refractivity contribution < 1.29 is 19.1 Å². The highest BCUT2D eigenvalue weighted by atomic mass is 16.5. The Hall–Kier alpha value is -2.76. The predicted molar refractivity (Wildman–Crippen MR) is 101 cm³/mol. The zero-order chi connectivity index (χ0) is 19.4. The van der Waals surface area contributed by atoms with Crippen molar-refractivity contribution in [2.24, 2.45) is 0 Å². The number of amides is 1. The molecule has 0 saturated carbocycles. The van der Waals surface area contributed by atoms with Gasteiger partial charge in [0.05, 0.1) is 18.4 Å². The fraction of sp³-hybridized carbons (Fsp3) is 0.400. The molecule has 0 saturated heterocycles. The maximum atomic E-state index is 12.5. The van der Waals surface area contributed by atoms with Crippen molar-refractivity contribution in [3.05, 3.63) is 46.8 Å². The zero-order valence-electron chi connectivity index (χ0n) is 16.2. The summed E-state index contributed by atoms with van der Waals surface area (Å²) in [6.45, 7) is 10.1. The lowest BCUT2D eigenvalue weighted by molar-refractivity contribution is -0.123. The molecule has 1 N–H and O–H groups in total. The van der Waals surface area contributed by atoms with E-state index >= 15 is 0 Å². The molecular weight excluding hydrogens is 332 g/mol. The molecule has 0 aliphatic heterocycles. The fourth-order valence-electron chi connectivity index (χ4n) is 2.93. The molecule has 1 heterocycles. The number of hydrogen-bond donors (Lipinski definition) is 1. The summed E-state index contributed by atoms with van der Waals surface area (Å²) in [5.74, 6) is -0.364. The van der Waals surface area contributed by atoms with Crippen LogP contribution in [0.4, 0.5) is 5.69 Å². The second-order valence-electron chi connectivity index (χ2n) is 6.27. The molecule has 1 aromatic carbocycles. The van der Waals surface area contributed by atoms with Gasteiger partial charge in [0.2, 0.25) is 0 Å². The van der Waals surface area contributed by atoms with Crippen molar-refractivity contribution in [1.82, 2.24) is 4.57 Å². The number of nitrogens with one attached hydrogen (secondary N) is 1. The van der Waals surface area contributed by atoms with Gasteiger partial charge >= 0.3 is 5.97 Å². The lowest BCUT2D eigenvalue weighted by Crippen LogP contribution is -2.30. The van der Waals surface area contributed by atoms with E-state index in [0.29, 0.717) is 17.0 Å². The molecule has 26 heavy (non-hydrogen) atoms. The molecule has 2 rings (SSSR count). The number of carbonyl (C=O) groups excluding carboxylic acids is 2. The van der Waals surface area contributed by atoms with E-state index in [4.69, 9.17) is 9.47 Å². The first-order valence-electron chi connectivity index (χ1n) is 8.61. The summed E-state index contributed by atoms with van der Waals surface area (Å²) >= 11 is 0. The number of carbonyl (C=O) groups is 2. The summed E-state index contributed by atoms with van der Waals surface area (Å²) in [5.41, 5.74) is 3.83. The number of methoxy groups -OCH3 is 1. The molecule has 0 fully saturated rings. The van der Waals surface area contributed by atoms with Crippen LogP contribution in [0.5, 0.6) is 5.75 Å². The van der Waals surface area contributed by atoms with E-state index < -0.39 is 18.0 Å². The topological polar surface area (TPSA) is 69.6 Å². The summed E-state index contributed by atoms with van der Waals surface area (Å²) in [7, 11) is 1.53. The van der Waals surface area contributed by atoms with Crippen molar-refractivity contribution >= 4 is 17.6 Å². The SMILES string of the molecule is CCn1c(C)cc(C(=O)O[C@@H](C)C(=O)Nc2cc(C)ccc2OC)c1C. The van der Waals surface area contributed by atoms with E-state index in [-0.39, 0.29) is 0 Å². The van der Waals surface area contributed by atoms with Gasteiger partial charge in [0.15, 0.2) is 6.10 Å². The van der Waals surface area contributed by atoms with Crippen molar-refractivity contribution in [3.8, 4) is 5.75 Å². The normalized spacial score (nSPS) is 11.8. The Labute approximate surface area is 154 Å². The first-order chi connectivity index (χ1) is 12.3. The number of ether oxygens (including phenoxy) is 2. The third-order valence-corrected chi connectivity index (χ3v) is 4.38. The Bertz CT molecular complexity index is 823. The smallest absolute Gasteiger partial charge is 0.340 e. The fourth-order valence-corrected chi connectivity index (χ4v) is 2.93. The highest BCUT2D eigenvalue weighted by Gasteiger charge is 2.23. The number of nitrogens with zero attached hydrogens (tertiary/aromatic N) is 1. The number of anilines is 1. The highest BCUT2D eigenvalue weighted by molar-refractivity contribution is 5.98. The summed E-state index contributed by atoms with van der Waals surface area (Å²) in [6.07, 6.45) is -0.933. The minimum absolute atomic E-state index is 0.411. The molecule has 0 aliphatic rings. The molecular formula is C20H26N2O4. The van der Waals surface area contributed by atoms with Gasteiger partial charge in [0, 0.05) is 17.9 Å². The van der Waals surface area contributed by atoms with Gasteiger partial charge in [0.25, 0.3) is 5.91 Å². The molecule has 6 nitrogen and oxygen atoms in total.